The van der Waals surface area contributed by atoms with Gasteiger partial charge in [-0.25, -0.2) is 0 Å². The molecule has 0 fully saturated rings. The summed E-state index contributed by atoms with van der Waals surface area (Å²) in [7, 11) is 0. The SMILES string of the molecule is CC(C)CCOc1ccc([N+](=O)[O-])cc1C(=O)NCC(=O)O. The van der Waals surface area contributed by atoms with Gasteiger partial charge >= 0.3 is 5.97 Å². The molecule has 1 aromatic rings. The van der Waals surface area contributed by atoms with Crippen LogP contribution in [0.3, 0.4) is 0 Å². The molecule has 1 rings (SSSR count). The van der Waals surface area contributed by atoms with Crippen molar-refractivity contribution in [3.05, 3.63) is 33.9 Å². The number of carbonyl (C=O) groups excluding carboxylic acids is 1. The number of rotatable bonds is 8. The quantitative estimate of drug-likeness (QED) is 0.558. The van der Waals surface area contributed by atoms with Gasteiger partial charge in [0.2, 0.25) is 0 Å². The average Bonchev–Trinajstić information content (AvgIpc) is 2.44. The first-order valence-electron chi connectivity index (χ1n) is 6.72. The Balaban J connectivity index is 2.96. The predicted octanol–water partition coefficient (Wildman–Crippen LogP) is 1.83. The average molecular weight is 310 g/mol. The monoisotopic (exact) mass is 310 g/mol. The van der Waals surface area contributed by atoms with Crippen molar-refractivity contribution in [2.45, 2.75) is 20.3 Å². The number of amides is 1. The summed E-state index contributed by atoms with van der Waals surface area (Å²) < 4.78 is 5.48. The van der Waals surface area contributed by atoms with Gasteiger partial charge in [-0.2, -0.15) is 0 Å². The molecule has 1 amide bonds. The Morgan fingerprint density at radius 2 is 2.09 bits per heavy atom. The number of nitro groups is 1. The smallest absolute Gasteiger partial charge is 0.322 e. The minimum absolute atomic E-state index is 0.0563. The van der Waals surface area contributed by atoms with Crippen LogP contribution in [0, 0.1) is 16.0 Å². The number of carboxylic acid groups (broad SMARTS) is 1. The molecule has 8 heteroatoms. The van der Waals surface area contributed by atoms with Crippen LogP contribution in [0.25, 0.3) is 0 Å². The van der Waals surface area contributed by atoms with Crippen molar-refractivity contribution in [3.63, 3.8) is 0 Å². The summed E-state index contributed by atoms with van der Waals surface area (Å²) in [4.78, 5) is 32.6. The van der Waals surface area contributed by atoms with Crippen LogP contribution in [0.5, 0.6) is 5.75 Å². The van der Waals surface area contributed by atoms with E-state index in [4.69, 9.17) is 9.84 Å². The zero-order chi connectivity index (χ0) is 16.7. The molecule has 0 aliphatic heterocycles. The topological polar surface area (TPSA) is 119 Å². The molecule has 1 aromatic carbocycles. The number of ether oxygens (including phenoxy) is 1. The number of nitro benzene ring substituents is 1. The first kappa shape index (κ1) is 17.4. The first-order valence-corrected chi connectivity index (χ1v) is 6.72. The van der Waals surface area contributed by atoms with Crippen molar-refractivity contribution in [2.24, 2.45) is 5.92 Å². The van der Waals surface area contributed by atoms with Crippen LogP contribution < -0.4 is 10.1 Å². The molecule has 0 saturated heterocycles. The van der Waals surface area contributed by atoms with Crippen LogP contribution in [0.15, 0.2) is 18.2 Å². The van der Waals surface area contributed by atoms with Gasteiger partial charge in [0.1, 0.15) is 12.3 Å². The lowest BCUT2D eigenvalue weighted by atomic mass is 10.1. The normalized spacial score (nSPS) is 10.3. The highest BCUT2D eigenvalue weighted by atomic mass is 16.6. The largest absolute Gasteiger partial charge is 0.493 e. The number of carbonyl (C=O) groups is 2. The minimum Gasteiger partial charge on any atom is -0.493 e. The molecule has 0 radical (unpaired) electrons. The highest BCUT2D eigenvalue weighted by Crippen LogP contribution is 2.24. The van der Waals surface area contributed by atoms with Gasteiger partial charge in [0.15, 0.2) is 0 Å². The summed E-state index contributed by atoms with van der Waals surface area (Å²) in [5.74, 6) is -1.34. The molecule has 120 valence electrons. The van der Waals surface area contributed by atoms with Crippen molar-refractivity contribution < 1.29 is 24.4 Å². The number of carboxylic acids is 1. The van der Waals surface area contributed by atoms with Gasteiger partial charge < -0.3 is 15.2 Å². The summed E-state index contributed by atoms with van der Waals surface area (Å²) in [5, 5.41) is 21.5. The fraction of sp³-hybridized carbons (Fsp3) is 0.429. The number of benzene rings is 1. The van der Waals surface area contributed by atoms with Gasteiger partial charge in [0, 0.05) is 12.1 Å². The predicted molar refractivity (Wildman–Crippen MR) is 78.0 cm³/mol. The van der Waals surface area contributed by atoms with Crippen LogP contribution >= 0.6 is 0 Å². The van der Waals surface area contributed by atoms with E-state index in [1.54, 1.807) is 0 Å². The summed E-state index contributed by atoms with van der Waals surface area (Å²) in [6.45, 7) is 3.81. The van der Waals surface area contributed by atoms with Crippen molar-refractivity contribution in [2.75, 3.05) is 13.2 Å². The zero-order valence-electron chi connectivity index (χ0n) is 12.4. The summed E-state index contributed by atoms with van der Waals surface area (Å²) in [5.41, 5.74) is -0.323. The van der Waals surface area contributed by atoms with Crippen LogP contribution in [0.1, 0.15) is 30.6 Å². The number of hydrogen-bond acceptors (Lipinski definition) is 5. The lowest BCUT2D eigenvalue weighted by molar-refractivity contribution is -0.384. The Hall–Kier alpha value is -2.64. The fourth-order valence-electron chi connectivity index (χ4n) is 1.59. The van der Waals surface area contributed by atoms with Gasteiger partial charge in [-0.15, -0.1) is 0 Å². The Morgan fingerprint density at radius 3 is 2.64 bits per heavy atom. The standard InChI is InChI=1S/C14H18N2O6/c1-9(2)5-6-22-12-4-3-10(16(20)21)7-11(12)14(19)15-8-13(17)18/h3-4,7,9H,5-6,8H2,1-2H3,(H,15,19)(H,17,18). The van der Waals surface area contributed by atoms with Crippen molar-refractivity contribution in [3.8, 4) is 5.75 Å². The second-order valence-electron chi connectivity index (χ2n) is 5.04. The molecule has 0 aliphatic carbocycles. The van der Waals surface area contributed by atoms with Crippen LogP contribution in [0.2, 0.25) is 0 Å². The number of non-ortho nitro benzene ring substituents is 1. The number of hydrogen-bond donors (Lipinski definition) is 2. The third kappa shape index (κ3) is 5.39. The minimum atomic E-state index is -1.21. The van der Waals surface area contributed by atoms with Gasteiger partial charge in [-0.05, 0) is 18.4 Å². The maximum atomic E-state index is 12.0. The molecule has 0 aliphatic rings. The molecule has 0 aromatic heterocycles. The van der Waals surface area contributed by atoms with Gasteiger partial charge in [-0.1, -0.05) is 13.8 Å². The van der Waals surface area contributed by atoms with Crippen molar-refractivity contribution in [1.82, 2.24) is 5.32 Å². The van der Waals surface area contributed by atoms with E-state index in [9.17, 15) is 19.7 Å². The third-order valence-corrected chi connectivity index (χ3v) is 2.77. The van der Waals surface area contributed by atoms with Crippen molar-refractivity contribution in [1.29, 1.82) is 0 Å². The Bertz CT molecular complexity index is 570. The molecule has 22 heavy (non-hydrogen) atoms. The first-order chi connectivity index (χ1) is 10.3. The van der Waals surface area contributed by atoms with Crippen LogP contribution in [-0.4, -0.2) is 35.1 Å². The number of nitrogens with zero attached hydrogens (tertiary/aromatic N) is 1. The molecule has 8 nitrogen and oxygen atoms in total. The van der Waals surface area contributed by atoms with E-state index >= 15 is 0 Å². The Kier molecular flexibility index (Phi) is 6.30. The molecule has 0 bridgehead atoms. The fourth-order valence-corrected chi connectivity index (χ4v) is 1.59. The molecule has 0 unspecified atom stereocenters. The molecule has 0 atom stereocenters. The third-order valence-electron chi connectivity index (χ3n) is 2.77. The van der Waals surface area contributed by atoms with Gasteiger partial charge in [0.05, 0.1) is 17.1 Å². The van der Waals surface area contributed by atoms with E-state index in [0.717, 1.165) is 12.5 Å². The van der Waals surface area contributed by atoms with E-state index in [1.165, 1.54) is 12.1 Å². The number of nitrogens with one attached hydrogen (secondary N) is 1. The van der Waals surface area contributed by atoms with Crippen LogP contribution in [-0.2, 0) is 4.79 Å². The lowest BCUT2D eigenvalue weighted by Crippen LogP contribution is -2.29. The second-order valence-corrected chi connectivity index (χ2v) is 5.04. The summed E-state index contributed by atoms with van der Waals surface area (Å²) in [6, 6.07) is 3.65. The van der Waals surface area contributed by atoms with Gasteiger partial charge in [-0.3, -0.25) is 19.7 Å². The summed E-state index contributed by atoms with van der Waals surface area (Å²) >= 11 is 0. The second kappa shape index (κ2) is 7.96. The van der Waals surface area contributed by atoms with Crippen molar-refractivity contribution >= 4 is 17.6 Å². The van der Waals surface area contributed by atoms with E-state index in [-0.39, 0.29) is 17.0 Å². The van der Waals surface area contributed by atoms with E-state index in [1.807, 2.05) is 13.8 Å². The van der Waals surface area contributed by atoms with E-state index < -0.39 is 23.3 Å². The Morgan fingerprint density at radius 1 is 1.41 bits per heavy atom. The lowest BCUT2D eigenvalue weighted by Gasteiger charge is -2.12. The molecule has 2 N–H and O–H groups in total. The molecule has 0 heterocycles. The van der Waals surface area contributed by atoms with Crippen LogP contribution in [0.4, 0.5) is 5.69 Å². The summed E-state index contributed by atoms with van der Waals surface area (Å²) in [6.07, 6.45) is 0.757. The highest BCUT2D eigenvalue weighted by molar-refractivity contribution is 5.98. The molecular weight excluding hydrogens is 292 g/mol. The zero-order valence-corrected chi connectivity index (χ0v) is 12.4. The Labute approximate surface area is 127 Å². The van der Waals surface area contributed by atoms with Gasteiger partial charge in [0.25, 0.3) is 11.6 Å². The molecule has 0 saturated carbocycles. The number of aliphatic carboxylic acids is 1. The maximum Gasteiger partial charge on any atom is 0.322 e. The van der Waals surface area contributed by atoms with E-state index in [2.05, 4.69) is 5.32 Å². The highest BCUT2D eigenvalue weighted by Gasteiger charge is 2.18. The molecular formula is C14H18N2O6. The molecule has 0 spiro atoms. The van der Waals surface area contributed by atoms with E-state index in [0.29, 0.717) is 12.5 Å². The maximum absolute atomic E-state index is 12.0.